The number of halogens is 1. The fourth-order valence-electron chi connectivity index (χ4n) is 3.05. The van der Waals surface area contributed by atoms with Gasteiger partial charge in [-0.2, -0.15) is 0 Å². The van der Waals surface area contributed by atoms with Crippen molar-refractivity contribution in [2.45, 2.75) is 38.8 Å². The second-order valence-corrected chi connectivity index (χ2v) is 6.94. The van der Waals surface area contributed by atoms with Crippen LogP contribution >= 0.6 is 35.3 Å². The summed E-state index contributed by atoms with van der Waals surface area (Å²) in [5.41, 5.74) is 1.52. The lowest BCUT2D eigenvalue weighted by atomic mass is 10.1. The highest BCUT2D eigenvalue weighted by atomic mass is 127. The second kappa shape index (κ2) is 9.64. The topological polar surface area (TPSA) is 39.7 Å². The van der Waals surface area contributed by atoms with E-state index in [1.54, 1.807) is 4.88 Å². The first-order chi connectivity index (χ1) is 10.8. The monoisotopic (exact) mass is 446 g/mol. The van der Waals surface area contributed by atoms with Gasteiger partial charge in [0.15, 0.2) is 5.96 Å². The van der Waals surface area contributed by atoms with Gasteiger partial charge >= 0.3 is 0 Å². The summed E-state index contributed by atoms with van der Waals surface area (Å²) < 4.78 is 0. The van der Waals surface area contributed by atoms with Gasteiger partial charge in [-0.3, -0.25) is 9.89 Å². The Bertz CT molecular complexity index is 532. The Balaban J connectivity index is 0.00000192. The van der Waals surface area contributed by atoms with Crippen LogP contribution in [-0.2, 0) is 13.0 Å². The molecule has 128 valence electrons. The molecule has 0 atom stereocenters. The molecule has 0 fully saturated rings. The highest BCUT2D eigenvalue weighted by Gasteiger charge is 2.16. The van der Waals surface area contributed by atoms with Crippen LogP contribution in [0.2, 0.25) is 0 Å². The van der Waals surface area contributed by atoms with Gasteiger partial charge in [-0.15, -0.1) is 35.3 Å². The highest BCUT2D eigenvalue weighted by molar-refractivity contribution is 14.0. The number of fused-ring (bicyclic) bond motifs is 1. The van der Waals surface area contributed by atoms with E-state index in [-0.39, 0.29) is 24.0 Å². The van der Waals surface area contributed by atoms with Crippen molar-refractivity contribution in [2.75, 3.05) is 26.2 Å². The van der Waals surface area contributed by atoms with Crippen LogP contribution in [-0.4, -0.2) is 43.1 Å². The maximum absolute atomic E-state index is 4.74. The Kier molecular flexibility index (Phi) is 7.85. The van der Waals surface area contributed by atoms with Gasteiger partial charge in [0.1, 0.15) is 0 Å². The zero-order valence-electron chi connectivity index (χ0n) is 13.8. The maximum Gasteiger partial charge on any atom is 0.191 e. The van der Waals surface area contributed by atoms with Crippen molar-refractivity contribution in [3.63, 3.8) is 0 Å². The Morgan fingerprint density at radius 3 is 3.00 bits per heavy atom. The molecule has 1 aliphatic heterocycles. The molecule has 23 heavy (non-hydrogen) atoms. The van der Waals surface area contributed by atoms with Gasteiger partial charge < -0.3 is 10.6 Å². The molecule has 6 heteroatoms. The van der Waals surface area contributed by atoms with Gasteiger partial charge in [0, 0.05) is 37.1 Å². The molecule has 3 rings (SSSR count). The molecule has 0 radical (unpaired) electrons. The molecule has 0 aromatic carbocycles. The van der Waals surface area contributed by atoms with Crippen molar-refractivity contribution in [1.29, 1.82) is 0 Å². The average molecular weight is 446 g/mol. The minimum atomic E-state index is 0. The largest absolute Gasteiger partial charge is 0.357 e. The third kappa shape index (κ3) is 5.46. The van der Waals surface area contributed by atoms with Gasteiger partial charge in [-0.25, -0.2) is 0 Å². The number of hydrogen-bond acceptors (Lipinski definition) is 3. The van der Waals surface area contributed by atoms with E-state index in [0.717, 1.165) is 45.0 Å². The van der Waals surface area contributed by atoms with Crippen LogP contribution in [0.15, 0.2) is 28.6 Å². The molecule has 2 N–H and O–H groups in total. The molecule has 4 nitrogen and oxygen atoms in total. The standard InChI is InChI=1S/C17H26N4S.HI/c1-2-18-17(20-15-5-3-4-6-15)19-9-11-21-10-7-16-14(13-21)8-12-22-16;/h3-4,8,12,15H,2,5-7,9-11,13H2,1H3,(H2,18,19,20);1H. The highest BCUT2D eigenvalue weighted by Crippen LogP contribution is 2.23. The van der Waals surface area contributed by atoms with E-state index in [0.29, 0.717) is 6.04 Å². The predicted octanol–water partition coefficient (Wildman–Crippen LogP) is 3.00. The molecule has 2 aliphatic rings. The lowest BCUT2D eigenvalue weighted by molar-refractivity contribution is 0.263. The minimum Gasteiger partial charge on any atom is -0.357 e. The molecule has 1 aromatic rings. The van der Waals surface area contributed by atoms with E-state index >= 15 is 0 Å². The molecule has 1 aliphatic carbocycles. The molecule has 0 amide bonds. The summed E-state index contributed by atoms with van der Waals surface area (Å²) in [7, 11) is 0. The van der Waals surface area contributed by atoms with Crippen LogP contribution in [0, 0.1) is 0 Å². The predicted molar refractivity (Wildman–Crippen MR) is 110 cm³/mol. The summed E-state index contributed by atoms with van der Waals surface area (Å²) in [6.45, 7) is 7.18. The number of nitrogens with one attached hydrogen (secondary N) is 2. The van der Waals surface area contributed by atoms with E-state index in [4.69, 9.17) is 4.99 Å². The van der Waals surface area contributed by atoms with Crippen molar-refractivity contribution in [3.05, 3.63) is 34.0 Å². The molecule has 0 spiro atoms. The van der Waals surface area contributed by atoms with Crippen LogP contribution in [0.3, 0.4) is 0 Å². The van der Waals surface area contributed by atoms with Crippen molar-refractivity contribution in [1.82, 2.24) is 15.5 Å². The smallest absolute Gasteiger partial charge is 0.191 e. The fourth-order valence-corrected chi connectivity index (χ4v) is 3.94. The summed E-state index contributed by atoms with van der Waals surface area (Å²) in [5.74, 6) is 0.962. The molecule has 1 aromatic heterocycles. The van der Waals surface area contributed by atoms with Crippen molar-refractivity contribution < 1.29 is 0 Å². The zero-order chi connectivity index (χ0) is 15.2. The van der Waals surface area contributed by atoms with Crippen molar-refractivity contribution in [3.8, 4) is 0 Å². The van der Waals surface area contributed by atoms with E-state index < -0.39 is 0 Å². The van der Waals surface area contributed by atoms with E-state index in [2.05, 4.69) is 46.1 Å². The van der Waals surface area contributed by atoms with Gasteiger partial charge in [-0.1, -0.05) is 12.2 Å². The third-order valence-electron chi connectivity index (χ3n) is 4.27. The number of nitrogens with zero attached hydrogens (tertiary/aromatic N) is 2. The van der Waals surface area contributed by atoms with Crippen molar-refractivity contribution in [2.24, 2.45) is 4.99 Å². The number of thiophene rings is 1. The number of hydrogen-bond donors (Lipinski definition) is 2. The van der Waals surface area contributed by atoms with Crippen LogP contribution in [0.25, 0.3) is 0 Å². The number of aliphatic imine (C=N–C) groups is 1. The fraction of sp³-hybridized carbons (Fsp3) is 0.588. The summed E-state index contributed by atoms with van der Waals surface area (Å²) in [4.78, 5) is 8.83. The van der Waals surface area contributed by atoms with Crippen LogP contribution in [0.5, 0.6) is 0 Å². The summed E-state index contributed by atoms with van der Waals surface area (Å²) in [6, 6.07) is 2.79. The first kappa shape index (κ1) is 18.7. The Hall–Kier alpha value is -0.600. The van der Waals surface area contributed by atoms with E-state index in [1.807, 2.05) is 11.3 Å². The van der Waals surface area contributed by atoms with Crippen LogP contribution in [0.1, 0.15) is 30.2 Å². The second-order valence-electron chi connectivity index (χ2n) is 5.94. The lowest BCUT2D eigenvalue weighted by Crippen LogP contribution is -2.43. The maximum atomic E-state index is 4.74. The molecule has 0 bridgehead atoms. The normalized spacial score (nSPS) is 18.6. The molecule has 2 heterocycles. The number of guanidine groups is 1. The minimum absolute atomic E-state index is 0. The molecule has 0 unspecified atom stereocenters. The summed E-state index contributed by atoms with van der Waals surface area (Å²) >= 11 is 1.90. The first-order valence-electron chi connectivity index (χ1n) is 8.32. The molecular weight excluding hydrogens is 419 g/mol. The Morgan fingerprint density at radius 1 is 1.39 bits per heavy atom. The van der Waals surface area contributed by atoms with Gasteiger partial charge in [0.2, 0.25) is 0 Å². The Morgan fingerprint density at radius 2 is 2.22 bits per heavy atom. The quantitative estimate of drug-likeness (QED) is 0.316. The lowest BCUT2D eigenvalue weighted by Gasteiger charge is -2.26. The van der Waals surface area contributed by atoms with Crippen molar-refractivity contribution >= 4 is 41.3 Å². The van der Waals surface area contributed by atoms with Crippen LogP contribution < -0.4 is 10.6 Å². The summed E-state index contributed by atoms with van der Waals surface area (Å²) in [5, 5.41) is 9.10. The Labute approximate surface area is 160 Å². The van der Waals surface area contributed by atoms with Gasteiger partial charge in [0.05, 0.1) is 6.54 Å². The van der Waals surface area contributed by atoms with Gasteiger partial charge in [0.25, 0.3) is 0 Å². The van der Waals surface area contributed by atoms with Crippen LogP contribution in [0.4, 0.5) is 0 Å². The SMILES string of the molecule is CCNC(=NCCN1CCc2sccc2C1)NC1CC=CC1.I. The molecular formula is C17H27IN4S. The molecule has 0 saturated heterocycles. The molecule has 0 saturated carbocycles. The van der Waals surface area contributed by atoms with E-state index in [1.165, 1.54) is 18.5 Å². The zero-order valence-corrected chi connectivity index (χ0v) is 16.9. The summed E-state index contributed by atoms with van der Waals surface area (Å²) in [6.07, 6.45) is 7.90. The number of rotatable bonds is 5. The third-order valence-corrected chi connectivity index (χ3v) is 5.29. The van der Waals surface area contributed by atoms with E-state index in [9.17, 15) is 0 Å². The van der Waals surface area contributed by atoms with Gasteiger partial charge in [-0.05, 0) is 43.2 Å². The first-order valence-corrected chi connectivity index (χ1v) is 9.20. The average Bonchev–Trinajstić information content (AvgIpc) is 3.18.